The first-order valence-corrected chi connectivity index (χ1v) is 14.1. The molecule has 1 N–H and O–H groups in total. The van der Waals surface area contributed by atoms with E-state index < -0.39 is 16.1 Å². The highest BCUT2D eigenvalue weighted by molar-refractivity contribution is 9.10. The lowest BCUT2D eigenvalue weighted by atomic mass is 10.1. The Bertz CT molecular complexity index is 1510. The van der Waals surface area contributed by atoms with Crippen LogP contribution in [0.4, 0.5) is 5.69 Å². The molecule has 0 fully saturated rings. The highest BCUT2D eigenvalue weighted by Gasteiger charge is 2.28. The second kappa shape index (κ2) is 10.7. The highest BCUT2D eigenvalue weighted by atomic mass is 79.9. The molecule has 0 bridgehead atoms. The lowest BCUT2D eigenvalue weighted by Crippen LogP contribution is -2.39. The lowest BCUT2D eigenvalue weighted by Gasteiger charge is -2.26. The molecule has 0 aromatic heterocycles. The third-order valence-electron chi connectivity index (χ3n) is 5.97. The monoisotopic (exact) mass is 596 g/mol. The maximum absolute atomic E-state index is 13.5. The van der Waals surface area contributed by atoms with Crippen LogP contribution < -0.4 is 4.31 Å². The van der Waals surface area contributed by atoms with Gasteiger partial charge < -0.3 is 9.94 Å². The summed E-state index contributed by atoms with van der Waals surface area (Å²) in [6, 6.07) is 28.5. The zero-order valence-corrected chi connectivity index (χ0v) is 22.6. The maximum atomic E-state index is 13.5. The zero-order chi connectivity index (χ0) is 26.0. The number of anilines is 1. The fraction of sp³-hybridized carbons (Fsp3) is 0.107. The van der Waals surface area contributed by atoms with Crippen LogP contribution in [-0.4, -0.2) is 38.5 Å². The quantitative estimate of drug-likeness (QED) is 0.219. The standard InChI is InChI=1S/C28H22BrClN2O4S/c29-19-9-13-21(14-10-19)32(37(34,35)23-15-11-20(30)12-16-23)17-22(33)18-36-31-28-26-7-3-1-5-24(26)25-6-2-4-8-27(25)28/h1-16,22,33H,17-18H2. The van der Waals surface area contributed by atoms with E-state index in [4.69, 9.17) is 16.4 Å². The van der Waals surface area contributed by atoms with Crippen LogP contribution in [0.1, 0.15) is 11.1 Å². The van der Waals surface area contributed by atoms with Gasteiger partial charge in [0.1, 0.15) is 18.4 Å². The molecule has 1 aliphatic carbocycles. The molecule has 1 unspecified atom stereocenters. The second-order valence-electron chi connectivity index (χ2n) is 8.45. The van der Waals surface area contributed by atoms with Crippen LogP contribution in [0, 0.1) is 0 Å². The molecule has 4 aromatic carbocycles. The number of benzene rings is 4. The van der Waals surface area contributed by atoms with Crippen molar-refractivity contribution in [2.24, 2.45) is 5.16 Å². The van der Waals surface area contributed by atoms with Gasteiger partial charge in [-0.25, -0.2) is 8.42 Å². The molecule has 188 valence electrons. The number of halogens is 2. The predicted molar refractivity (Wildman–Crippen MR) is 150 cm³/mol. The molecule has 0 heterocycles. The number of rotatable bonds is 8. The first-order valence-electron chi connectivity index (χ1n) is 11.5. The number of sulfonamides is 1. The fourth-order valence-electron chi connectivity index (χ4n) is 4.21. The number of aliphatic hydroxyl groups excluding tert-OH is 1. The van der Waals surface area contributed by atoms with Crippen molar-refractivity contribution in [1.29, 1.82) is 0 Å². The minimum atomic E-state index is -3.99. The molecule has 1 aliphatic rings. The van der Waals surface area contributed by atoms with Gasteiger partial charge in [0.2, 0.25) is 0 Å². The SMILES string of the molecule is O=S(=O)(c1ccc(Cl)cc1)N(CC(O)CON=C1c2ccccc2-c2ccccc21)c1ccc(Br)cc1. The van der Waals surface area contributed by atoms with Crippen LogP contribution in [0.2, 0.25) is 5.02 Å². The molecule has 0 aliphatic heterocycles. The van der Waals surface area contributed by atoms with Gasteiger partial charge in [-0.2, -0.15) is 0 Å². The molecule has 37 heavy (non-hydrogen) atoms. The molecule has 0 spiro atoms. The third-order valence-corrected chi connectivity index (χ3v) is 8.56. The summed E-state index contributed by atoms with van der Waals surface area (Å²) in [5, 5.41) is 15.6. The summed E-state index contributed by atoms with van der Waals surface area (Å²) in [5.74, 6) is 0. The van der Waals surface area contributed by atoms with E-state index in [1.54, 1.807) is 24.3 Å². The van der Waals surface area contributed by atoms with Gasteiger partial charge in [-0.15, -0.1) is 0 Å². The van der Waals surface area contributed by atoms with E-state index in [2.05, 4.69) is 21.1 Å². The van der Waals surface area contributed by atoms with E-state index >= 15 is 0 Å². The normalized spacial score (nSPS) is 13.0. The Morgan fingerprint density at radius 2 is 1.38 bits per heavy atom. The number of oxime groups is 1. The molecule has 0 saturated heterocycles. The van der Waals surface area contributed by atoms with Crippen LogP contribution in [0.15, 0.2) is 112 Å². The summed E-state index contributed by atoms with van der Waals surface area (Å²) in [7, 11) is -3.99. The minimum absolute atomic E-state index is 0.0624. The number of aliphatic hydroxyl groups is 1. The second-order valence-corrected chi connectivity index (χ2v) is 11.7. The first-order chi connectivity index (χ1) is 17.8. The minimum Gasteiger partial charge on any atom is -0.392 e. The largest absolute Gasteiger partial charge is 0.392 e. The van der Waals surface area contributed by atoms with Gasteiger partial charge in [0, 0.05) is 20.6 Å². The number of hydrogen-bond acceptors (Lipinski definition) is 5. The van der Waals surface area contributed by atoms with Crippen molar-refractivity contribution in [1.82, 2.24) is 0 Å². The summed E-state index contributed by atoms with van der Waals surface area (Å²) in [4.78, 5) is 5.64. The Kier molecular flexibility index (Phi) is 7.35. The van der Waals surface area contributed by atoms with E-state index in [1.807, 2.05) is 48.5 Å². The van der Waals surface area contributed by atoms with Crippen molar-refractivity contribution >= 4 is 49.0 Å². The fourth-order valence-corrected chi connectivity index (χ4v) is 6.10. The van der Waals surface area contributed by atoms with Crippen molar-refractivity contribution in [3.05, 3.63) is 118 Å². The summed E-state index contributed by atoms with van der Waals surface area (Å²) >= 11 is 9.32. The van der Waals surface area contributed by atoms with Crippen LogP contribution in [0.5, 0.6) is 0 Å². The van der Waals surface area contributed by atoms with Crippen molar-refractivity contribution in [2.45, 2.75) is 11.0 Å². The van der Waals surface area contributed by atoms with E-state index in [0.29, 0.717) is 16.4 Å². The van der Waals surface area contributed by atoms with Gasteiger partial charge >= 0.3 is 0 Å². The van der Waals surface area contributed by atoms with Crippen LogP contribution in [-0.2, 0) is 14.9 Å². The molecule has 4 aromatic rings. The van der Waals surface area contributed by atoms with Gasteiger partial charge in [0.25, 0.3) is 10.0 Å². The Balaban J connectivity index is 1.37. The molecule has 6 nitrogen and oxygen atoms in total. The van der Waals surface area contributed by atoms with Crippen LogP contribution in [0.3, 0.4) is 0 Å². The Morgan fingerprint density at radius 3 is 1.95 bits per heavy atom. The smallest absolute Gasteiger partial charge is 0.264 e. The van der Waals surface area contributed by atoms with Gasteiger partial charge in [0.15, 0.2) is 0 Å². The molecule has 0 saturated carbocycles. The van der Waals surface area contributed by atoms with Crippen molar-refractivity contribution in [3.63, 3.8) is 0 Å². The van der Waals surface area contributed by atoms with Gasteiger partial charge in [-0.1, -0.05) is 81.2 Å². The number of hydrogen-bond donors (Lipinski definition) is 1. The van der Waals surface area contributed by atoms with E-state index in [1.165, 1.54) is 24.3 Å². The van der Waals surface area contributed by atoms with E-state index in [9.17, 15) is 13.5 Å². The highest BCUT2D eigenvalue weighted by Crippen LogP contribution is 2.36. The van der Waals surface area contributed by atoms with Crippen LogP contribution >= 0.6 is 27.5 Å². The maximum Gasteiger partial charge on any atom is 0.264 e. The number of fused-ring (bicyclic) bond motifs is 3. The van der Waals surface area contributed by atoms with Gasteiger partial charge in [-0.05, 0) is 59.7 Å². The Hall–Kier alpha value is -3.17. The third kappa shape index (κ3) is 5.29. The van der Waals surface area contributed by atoms with Gasteiger partial charge in [-0.3, -0.25) is 4.31 Å². The topological polar surface area (TPSA) is 79.2 Å². The van der Waals surface area contributed by atoms with E-state index in [-0.39, 0.29) is 18.0 Å². The van der Waals surface area contributed by atoms with Gasteiger partial charge in [0.05, 0.1) is 17.1 Å². The van der Waals surface area contributed by atoms with E-state index in [0.717, 1.165) is 31.0 Å². The summed E-state index contributed by atoms with van der Waals surface area (Å²) in [5.41, 5.74) is 5.10. The van der Waals surface area contributed by atoms with Crippen molar-refractivity contribution in [3.8, 4) is 11.1 Å². The molecule has 0 amide bonds. The molecule has 5 rings (SSSR count). The average Bonchev–Trinajstić information content (AvgIpc) is 3.22. The number of nitrogens with zero attached hydrogens (tertiary/aromatic N) is 2. The zero-order valence-electron chi connectivity index (χ0n) is 19.5. The van der Waals surface area contributed by atoms with Crippen molar-refractivity contribution < 1.29 is 18.4 Å². The lowest BCUT2D eigenvalue weighted by molar-refractivity contribution is 0.0456. The molecular weight excluding hydrogens is 576 g/mol. The summed E-state index contributed by atoms with van der Waals surface area (Å²) < 4.78 is 29.0. The Morgan fingerprint density at radius 1 is 0.838 bits per heavy atom. The molecular formula is C28H22BrClN2O4S. The van der Waals surface area contributed by atoms with Crippen molar-refractivity contribution in [2.75, 3.05) is 17.5 Å². The Labute approximate surface area is 229 Å². The predicted octanol–water partition coefficient (Wildman–Crippen LogP) is 6.11. The molecule has 0 radical (unpaired) electrons. The summed E-state index contributed by atoms with van der Waals surface area (Å²) in [6.07, 6.45) is -1.15. The first kappa shape index (κ1) is 25.5. The molecule has 1 atom stereocenters. The summed E-state index contributed by atoms with van der Waals surface area (Å²) in [6.45, 7) is -0.429. The molecule has 9 heteroatoms. The average molecular weight is 598 g/mol. The van der Waals surface area contributed by atoms with Crippen LogP contribution in [0.25, 0.3) is 11.1 Å².